The second-order valence-corrected chi connectivity index (χ2v) is 6.84. The minimum atomic E-state index is 0.0277. The monoisotopic (exact) mass is 381 g/mol. The molecule has 0 aliphatic carbocycles. The zero-order valence-corrected chi connectivity index (χ0v) is 15.3. The first-order valence-corrected chi connectivity index (χ1v) is 8.77. The molecular weight excluding hydrogens is 358 g/mol. The average Bonchev–Trinajstić information content (AvgIpc) is 2.55. The second kappa shape index (κ2) is 8.45. The molecule has 1 heterocycles. The van der Waals surface area contributed by atoms with Crippen LogP contribution in [0.4, 0.5) is 5.69 Å². The van der Waals surface area contributed by atoms with Crippen molar-refractivity contribution < 1.29 is 9.59 Å². The maximum atomic E-state index is 12.1. The summed E-state index contributed by atoms with van der Waals surface area (Å²) in [5, 5.41) is 2.93. The van der Waals surface area contributed by atoms with E-state index in [1.165, 1.54) is 0 Å². The van der Waals surface area contributed by atoms with Crippen LogP contribution in [-0.4, -0.2) is 54.3 Å². The van der Waals surface area contributed by atoms with Gasteiger partial charge in [0.15, 0.2) is 0 Å². The van der Waals surface area contributed by atoms with E-state index < -0.39 is 0 Å². The third kappa shape index (κ3) is 5.32. The molecule has 0 spiro atoms. The number of hydrogen-bond acceptors (Lipinski definition) is 3. The molecule has 1 fully saturated rings. The lowest BCUT2D eigenvalue weighted by Crippen LogP contribution is -2.45. The molecule has 1 aliphatic heterocycles. The summed E-state index contributed by atoms with van der Waals surface area (Å²) < 4.78 is 0.890. The quantitative estimate of drug-likeness (QED) is 0.852. The average molecular weight is 382 g/mol. The molecular formula is C17H24BrN3O2. The number of carbonyl (C=O) groups is 2. The predicted octanol–water partition coefficient (Wildman–Crippen LogP) is 2.72. The van der Waals surface area contributed by atoms with Crippen molar-refractivity contribution in [2.24, 2.45) is 0 Å². The summed E-state index contributed by atoms with van der Waals surface area (Å²) in [5.41, 5.74) is 0.805. The number of benzene rings is 1. The van der Waals surface area contributed by atoms with Crippen LogP contribution >= 0.6 is 15.9 Å². The van der Waals surface area contributed by atoms with Crippen molar-refractivity contribution in [1.82, 2.24) is 9.80 Å². The van der Waals surface area contributed by atoms with E-state index in [1.807, 2.05) is 36.2 Å². The number of anilines is 1. The Bertz CT molecular complexity index is 557. The zero-order valence-electron chi connectivity index (χ0n) is 13.7. The summed E-state index contributed by atoms with van der Waals surface area (Å²) >= 11 is 3.43. The fraction of sp³-hybridized carbons (Fsp3) is 0.529. The van der Waals surface area contributed by atoms with Crippen LogP contribution in [0.15, 0.2) is 28.7 Å². The van der Waals surface area contributed by atoms with Gasteiger partial charge in [0.05, 0.1) is 5.69 Å². The smallest absolute Gasteiger partial charge is 0.225 e. The third-order valence-corrected chi connectivity index (χ3v) is 5.10. The lowest BCUT2D eigenvalue weighted by Gasteiger charge is -2.36. The van der Waals surface area contributed by atoms with Crippen molar-refractivity contribution in [3.8, 4) is 0 Å². The van der Waals surface area contributed by atoms with Crippen LogP contribution < -0.4 is 5.32 Å². The number of para-hydroxylation sites is 1. The van der Waals surface area contributed by atoms with E-state index in [4.69, 9.17) is 0 Å². The van der Waals surface area contributed by atoms with E-state index in [0.717, 1.165) is 42.6 Å². The highest BCUT2D eigenvalue weighted by molar-refractivity contribution is 9.10. The first-order chi connectivity index (χ1) is 11.0. The van der Waals surface area contributed by atoms with Crippen LogP contribution in [-0.2, 0) is 9.59 Å². The number of nitrogens with one attached hydrogen (secondary N) is 1. The van der Waals surface area contributed by atoms with Crippen LogP contribution in [0.3, 0.4) is 0 Å². The summed E-state index contributed by atoms with van der Waals surface area (Å²) in [6.07, 6.45) is 2.43. The number of carbonyl (C=O) groups excluding carboxylic acids is 2. The number of amides is 2. The van der Waals surface area contributed by atoms with Gasteiger partial charge in [-0.05, 0) is 40.9 Å². The van der Waals surface area contributed by atoms with Gasteiger partial charge in [-0.3, -0.25) is 9.59 Å². The van der Waals surface area contributed by atoms with E-state index in [2.05, 4.69) is 26.1 Å². The number of rotatable bonds is 5. The van der Waals surface area contributed by atoms with Gasteiger partial charge in [0, 0.05) is 50.5 Å². The molecule has 2 amide bonds. The fourth-order valence-corrected chi connectivity index (χ4v) is 3.21. The van der Waals surface area contributed by atoms with Crippen molar-refractivity contribution >= 4 is 33.4 Å². The van der Waals surface area contributed by atoms with Crippen LogP contribution in [0, 0.1) is 0 Å². The Balaban J connectivity index is 1.72. The molecule has 1 aliphatic rings. The minimum Gasteiger partial charge on any atom is -0.343 e. The molecule has 0 atom stereocenters. The maximum absolute atomic E-state index is 12.1. The molecule has 0 unspecified atom stereocenters. The van der Waals surface area contributed by atoms with Crippen LogP contribution in [0.2, 0.25) is 0 Å². The van der Waals surface area contributed by atoms with Crippen molar-refractivity contribution in [1.29, 1.82) is 0 Å². The highest BCUT2D eigenvalue weighted by Crippen LogP contribution is 2.21. The molecule has 1 aromatic carbocycles. The lowest BCUT2D eigenvalue weighted by atomic mass is 10.0. The highest BCUT2D eigenvalue weighted by Gasteiger charge is 2.23. The van der Waals surface area contributed by atoms with E-state index >= 15 is 0 Å². The lowest BCUT2D eigenvalue weighted by molar-refractivity contribution is -0.130. The number of hydrogen-bond donors (Lipinski definition) is 1. The summed E-state index contributed by atoms with van der Waals surface area (Å²) in [4.78, 5) is 27.6. The van der Waals surface area contributed by atoms with E-state index in [9.17, 15) is 9.59 Å². The van der Waals surface area contributed by atoms with Crippen molar-refractivity contribution in [2.45, 2.75) is 32.2 Å². The van der Waals surface area contributed by atoms with Gasteiger partial charge in [0.2, 0.25) is 11.8 Å². The van der Waals surface area contributed by atoms with Crippen molar-refractivity contribution in [3.63, 3.8) is 0 Å². The van der Waals surface area contributed by atoms with Gasteiger partial charge < -0.3 is 15.1 Å². The Kier molecular flexibility index (Phi) is 6.59. The third-order valence-electron chi connectivity index (χ3n) is 4.40. The van der Waals surface area contributed by atoms with Crippen LogP contribution in [0.25, 0.3) is 0 Å². The van der Waals surface area contributed by atoms with E-state index in [-0.39, 0.29) is 11.8 Å². The van der Waals surface area contributed by atoms with Gasteiger partial charge in [-0.1, -0.05) is 12.1 Å². The van der Waals surface area contributed by atoms with Crippen LogP contribution in [0.1, 0.15) is 26.2 Å². The number of piperidine rings is 1. The largest absolute Gasteiger partial charge is 0.343 e. The molecule has 0 saturated carbocycles. The molecule has 0 aromatic heterocycles. The Morgan fingerprint density at radius 1 is 1.30 bits per heavy atom. The molecule has 0 bridgehead atoms. The molecule has 1 aromatic rings. The number of nitrogens with zero attached hydrogens (tertiary/aromatic N) is 2. The second-order valence-electron chi connectivity index (χ2n) is 5.98. The molecule has 5 nitrogen and oxygen atoms in total. The van der Waals surface area contributed by atoms with E-state index in [1.54, 1.807) is 6.92 Å². The molecule has 126 valence electrons. The predicted molar refractivity (Wildman–Crippen MR) is 95.3 cm³/mol. The van der Waals surface area contributed by atoms with Gasteiger partial charge in [0.25, 0.3) is 0 Å². The Morgan fingerprint density at radius 2 is 1.96 bits per heavy atom. The van der Waals surface area contributed by atoms with E-state index in [0.29, 0.717) is 12.5 Å². The Morgan fingerprint density at radius 3 is 2.57 bits per heavy atom. The standard InChI is InChI=1S/C17H24BrN3O2/c1-13(22)20(2)14-7-10-21(11-8-14)12-9-17(23)19-16-6-4-3-5-15(16)18/h3-6,14H,7-12H2,1-2H3,(H,19,23). The van der Waals surface area contributed by atoms with Gasteiger partial charge >= 0.3 is 0 Å². The molecule has 1 saturated heterocycles. The Labute approximate surface area is 146 Å². The minimum absolute atomic E-state index is 0.0277. The van der Waals surface area contributed by atoms with Gasteiger partial charge in [-0.25, -0.2) is 0 Å². The van der Waals surface area contributed by atoms with Gasteiger partial charge in [0.1, 0.15) is 0 Å². The van der Waals surface area contributed by atoms with Gasteiger partial charge in [-0.15, -0.1) is 0 Å². The molecule has 1 N–H and O–H groups in total. The summed E-state index contributed by atoms with van der Waals surface area (Å²) in [5.74, 6) is 0.149. The SMILES string of the molecule is CC(=O)N(C)C1CCN(CCC(=O)Nc2ccccc2Br)CC1. The van der Waals surface area contributed by atoms with Crippen molar-refractivity contribution in [2.75, 3.05) is 32.0 Å². The fourth-order valence-electron chi connectivity index (χ4n) is 2.82. The highest BCUT2D eigenvalue weighted by atomic mass is 79.9. The number of likely N-dealkylation sites (tertiary alicyclic amines) is 1. The maximum Gasteiger partial charge on any atom is 0.225 e. The molecule has 6 heteroatoms. The topological polar surface area (TPSA) is 52.7 Å². The normalized spacial score (nSPS) is 16.1. The van der Waals surface area contributed by atoms with Crippen LogP contribution in [0.5, 0.6) is 0 Å². The zero-order chi connectivity index (χ0) is 16.8. The molecule has 0 radical (unpaired) electrons. The summed E-state index contributed by atoms with van der Waals surface area (Å²) in [6, 6.07) is 7.94. The summed E-state index contributed by atoms with van der Waals surface area (Å²) in [6.45, 7) is 4.24. The summed E-state index contributed by atoms with van der Waals surface area (Å²) in [7, 11) is 1.87. The van der Waals surface area contributed by atoms with Crippen molar-refractivity contribution in [3.05, 3.63) is 28.7 Å². The molecule has 23 heavy (non-hydrogen) atoms. The molecule has 2 rings (SSSR count). The van der Waals surface area contributed by atoms with Gasteiger partial charge in [-0.2, -0.15) is 0 Å². The first kappa shape index (κ1) is 17.9. The Hall–Kier alpha value is -1.40. The first-order valence-electron chi connectivity index (χ1n) is 7.97. The number of halogens is 1.